The molecule has 10 heteroatoms. The zero-order chi connectivity index (χ0) is 18.0. The average Bonchev–Trinajstić information content (AvgIpc) is 3.24. The van der Waals surface area contributed by atoms with Crippen LogP contribution in [0.2, 0.25) is 0 Å². The Morgan fingerprint density at radius 3 is 2.23 bits per heavy atom. The molecule has 1 aromatic carbocycles. The Morgan fingerprint density at radius 2 is 1.73 bits per heavy atom. The Kier molecular flexibility index (Phi) is 6.25. The first kappa shape index (κ1) is 20.2. The minimum atomic E-state index is -3.01. The highest BCUT2D eigenvalue weighted by Crippen LogP contribution is 2.42. The zero-order valence-electron chi connectivity index (χ0n) is 14.3. The summed E-state index contributed by atoms with van der Waals surface area (Å²) in [6, 6.07) is 2.94. The highest BCUT2D eigenvalue weighted by Gasteiger charge is 2.36. The third kappa shape index (κ3) is 3.83. The minimum absolute atomic E-state index is 0. The number of rotatable bonds is 6. The normalized spacial score (nSPS) is 15.6. The summed E-state index contributed by atoms with van der Waals surface area (Å²) >= 11 is 0. The Balaban J connectivity index is 0.00000243. The number of ether oxygens (including phenoxy) is 3. The summed E-state index contributed by atoms with van der Waals surface area (Å²) in [5.41, 5.74) is 6.19. The van der Waals surface area contributed by atoms with Crippen molar-refractivity contribution in [1.82, 2.24) is 10.1 Å². The molecule has 2 N–H and O–H groups in total. The fourth-order valence-electron chi connectivity index (χ4n) is 2.98. The maximum Gasteiger partial charge on any atom is 0.387 e. The molecule has 0 amide bonds. The van der Waals surface area contributed by atoms with E-state index >= 15 is 0 Å². The van der Waals surface area contributed by atoms with Gasteiger partial charge in [0.1, 0.15) is 0 Å². The van der Waals surface area contributed by atoms with Gasteiger partial charge in [0.2, 0.25) is 5.75 Å². The van der Waals surface area contributed by atoms with Crippen LogP contribution in [0.1, 0.15) is 31.5 Å². The van der Waals surface area contributed by atoms with E-state index in [1.807, 2.05) is 0 Å². The van der Waals surface area contributed by atoms with E-state index in [2.05, 4.69) is 14.9 Å². The van der Waals surface area contributed by atoms with Gasteiger partial charge in [-0.05, 0) is 25.0 Å². The molecule has 7 nitrogen and oxygen atoms in total. The molecule has 1 fully saturated rings. The molecule has 0 unspecified atom stereocenters. The molecule has 1 heterocycles. The summed E-state index contributed by atoms with van der Waals surface area (Å²) in [6.07, 6.45) is 3.61. The summed E-state index contributed by atoms with van der Waals surface area (Å²) in [6.45, 7) is -3.01. The first-order chi connectivity index (χ1) is 12.0. The van der Waals surface area contributed by atoms with E-state index in [1.54, 1.807) is 0 Å². The van der Waals surface area contributed by atoms with Crippen LogP contribution in [0.15, 0.2) is 16.7 Å². The van der Waals surface area contributed by atoms with Crippen LogP contribution in [-0.4, -0.2) is 31.0 Å². The number of nitrogens with two attached hydrogens (primary N) is 1. The predicted molar refractivity (Wildman–Crippen MR) is 91.1 cm³/mol. The van der Waals surface area contributed by atoms with Crippen molar-refractivity contribution in [2.45, 2.75) is 37.8 Å². The molecule has 3 rings (SSSR count). The van der Waals surface area contributed by atoms with Gasteiger partial charge in [-0.15, -0.1) is 12.4 Å². The molecule has 0 bridgehead atoms. The molecular weight excluding hydrogens is 372 g/mol. The summed E-state index contributed by atoms with van der Waals surface area (Å²) in [5.74, 6) is 0.572. The second-order valence-corrected chi connectivity index (χ2v) is 5.87. The van der Waals surface area contributed by atoms with E-state index in [9.17, 15) is 8.78 Å². The number of alkyl halides is 2. The molecule has 1 aliphatic rings. The van der Waals surface area contributed by atoms with Crippen molar-refractivity contribution in [2.75, 3.05) is 14.2 Å². The zero-order valence-corrected chi connectivity index (χ0v) is 15.1. The van der Waals surface area contributed by atoms with E-state index in [0.717, 1.165) is 25.7 Å². The van der Waals surface area contributed by atoms with Crippen molar-refractivity contribution < 1.29 is 27.5 Å². The maximum atomic E-state index is 12.6. The molecule has 1 saturated carbocycles. The van der Waals surface area contributed by atoms with Gasteiger partial charge in [-0.3, -0.25) is 0 Å². The fraction of sp³-hybridized carbons (Fsp3) is 0.500. The SMILES string of the molecule is COc1cc(-c2nc(C3(N)CCCC3)no2)cc(OC)c1OC(F)F.Cl. The van der Waals surface area contributed by atoms with Crippen LogP contribution in [0, 0.1) is 0 Å². The molecular formula is C16H20ClF2N3O4. The van der Waals surface area contributed by atoms with Crippen LogP contribution < -0.4 is 19.9 Å². The molecule has 144 valence electrons. The highest BCUT2D eigenvalue weighted by atomic mass is 35.5. The monoisotopic (exact) mass is 391 g/mol. The predicted octanol–water partition coefficient (Wildman–Crippen LogP) is 3.51. The van der Waals surface area contributed by atoms with Gasteiger partial charge in [-0.1, -0.05) is 18.0 Å². The number of methoxy groups -OCH3 is 2. The molecule has 0 spiro atoms. The average molecular weight is 392 g/mol. The summed E-state index contributed by atoms with van der Waals surface area (Å²) in [4.78, 5) is 4.37. The van der Waals surface area contributed by atoms with Gasteiger partial charge in [0, 0.05) is 5.56 Å². The van der Waals surface area contributed by atoms with Crippen molar-refractivity contribution in [3.05, 3.63) is 18.0 Å². The van der Waals surface area contributed by atoms with E-state index in [1.165, 1.54) is 26.4 Å². The van der Waals surface area contributed by atoms with Gasteiger partial charge in [-0.2, -0.15) is 13.8 Å². The third-order valence-corrected chi connectivity index (χ3v) is 4.28. The van der Waals surface area contributed by atoms with Gasteiger partial charge in [0.25, 0.3) is 5.89 Å². The van der Waals surface area contributed by atoms with Gasteiger partial charge in [-0.25, -0.2) is 0 Å². The van der Waals surface area contributed by atoms with Gasteiger partial charge >= 0.3 is 6.61 Å². The largest absolute Gasteiger partial charge is 0.493 e. The van der Waals surface area contributed by atoms with E-state index in [0.29, 0.717) is 11.4 Å². The number of halogens is 3. The summed E-state index contributed by atoms with van der Waals surface area (Å²) in [5, 5.41) is 3.98. The molecule has 0 radical (unpaired) electrons. The summed E-state index contributed by atoms with van der Waals surface area (Å²) in [7, 11) is 2.67. The van der Waals surface area contributed by atoms with Gasteiger partial charge in [0.15, 0.2) is 17.3 Å². The van der Waals surface area contributed by atoms with E-state index < -0.39 is 12.2 Å². The molecule has 1 aromatic heterocycles. The van der Waals surface area contributed by atoms with E-state index in [4.69, 9.17) is 19.7 Å². The lowest BCUT2D eigenvalue weighted by Crippen LogP contribution is -2.34. The molecule has 26 heavy (non-hydrogen) atoms. The topological polar surface area (TPSA) is 92.6 Å². The first-order valence-electron chi connectivity index (χ1n) is 7.81. The summed E-state index contributed by atoms with van der Waals surface area (Å²) < 4.78 is 45.3. The molecule has 2 aromatic rings. The molecule has 0 aliphatic heterocycles. The van der Waals surface area contributed by atoms with Crippen molar-refractivity contribution in [3.63, 3.8) is 0 Å². The van der Waals surface area contributed by atoms with E-state index in [-0.39, 0.29) is 35.5 Å². The Labute approximate surface area is 155 Å². The fourth-order valence-corrected chi connectivity index (χ4v) is 2.98. The standard InChI is InChI=1S/C16H19F2N3O4.ClH/c1-22-10-7-9(8-11(23-2)12(10)24-15(17)18)13-20-14(21-25-13)16(19)5-3-4-6-16;/h7-8,15H,3-6,19H2,1-2H3;1H. The number of hydrogen-bond donors (Lipinski definition) is 1. The number of aromatic nitrogens is 2. The second kappa shape index (κ2) is 8.05. The number of benzene rings is 1. The molecule has 0 saturated heterocycles. The minimum Gasteiger partial charge on any atom is -0.493 e. The molecule has 1 aliphatic carbocycles. The number of nitrogens with zero attached hydrogens (tertiary/aromatic N) is 2. The Hall–Kier alpha value is -2.13. The van der Waals surface area contributed by atoms with Crippen LogP contribution in [0.4, 0.5) is 8.78 Å². The van der Waals surface area contributed by atoms with Crippen LogP contribution in [0.25, 0.3) is 11.5 Å². The number of hydrogen-bond acceptors (Lipinski definition) is 7. The lowest BCUT2D eigenvalue weighted by molar-refractivity contribution is -0.0526. The van der Waals surface area contributed by atoms with Gasteiger partial charge in [0.05, 0.1) is 19.8 Å². The quantitative estimate of drug-likeness (QED) is 0.805. The lowest BCUT2D eigenvalue weighted by Gasteiger charge is -2.17. The van der Waals surface area contributed by atoms with Crippen molar-refractivity contribution in [3.8, 4) is 28.7 Å². The highest BCUT2D eigenvalue weighted by molar-refractivity contribution is 5.85. The van der Waals surface area contributed by atoms with Crippen molar-refractivity contribution >= 4 is 12.4 Å². The smallest absolute Gasteiger partial charge is 0.387 e. The van der Waals surface area contributed by atoms with Crippen LogP contribution in [-0.2, 0) is 5.54 Å². The Morgan fingerprint density at radius 1 is 1.15 bits per heavy atom. The van der Waals surface area contributed by atoms with Crippen molar-refractivity contribution in [1.29, 1.82) is 0 Å². The van der Waals surface area contributed by atoms with Crippen molar-refractivity contribution in [2.24, 2.45) is 5.73 Å². The van der Waals surface area contributed by atoms with Crippen LogP contribution in [0.5, 0.6) is 17.2 Å². The lowest BCUT2D eigenvalue weighted by atomic mass is 9.99. The second-order valence-electron chi connectivity index (χ2n) is 5.87. The maximum absolute atomic E-state index is 12.6. The third-order valence-electron chi connectivity index (χ3n) is 4.28. The molecule has 0 atom stereocenters. The Bertz CT molecular complexity index is 726. The van der Waals surface area contributed by atoms with Crippen LogP contribution >= 0.6 is 12.4 Å². The first-order valence-corrected chi connectivity index (χ1v) is 7.81. The van der Waals surface area contributed by atoms with Gasteiger partial charge < -0.3 is 24.5 Å². The van der Waals surface area contributed by atoms with Crippen LogP contribution in [0.3, 0.4) is 0 Å².